The Bertz CT molecular complexity index is 279. The molecule has 0 spiro atoms. The van der Waals surface area contributed by atoms with Crippen molar-refractivity contribution in [3.8, 4) is 0 Å². The van der Waals surface area contributed by atoms with E-state index in [1.165, 1.54) is 5.57 Å². The molecule has 0 unspecified atom stereocenters. The van der Waals surface area contributed by atoms with E-state index in [1.54, 1.807) is 0 Å². The van der Waals surface area contributed by atoms with E-state index in [4.69, 9.17) is 0 Å². The van der Waals surface area contributed by atoms with Gasteiger partial charge in [0.25, 0.3) is 0 Å². The lowest BCUT2D eigenvalue weighted by Crippen LogP contribution is -2.11. The van der Waals surface area contributed by atoms with Gasteiger partial charge >= 0.3 is 0 Å². The zero-order valence-corrected chi connectivity index (χ0v) is 11.8. The van der Waals surface area contributed by atoms with Gasteiger partial charge in [0.15, 0.2) is 0 Å². The highest BCUT2D eigenvalue weighted by Crippen LogP contribution is 2.25. The van der Waals surface area contributed by atoms with Gasteiger partial charge in [0, 0.05) is 4.75 Å². The maximum atomic E-state index is 4.46. The summed E-state index contributed by atoms with van der Waals surface area (Å²) in [5.74, 6) is 0. The summed E-state index contributed by atoms with van der Waals surface area (Å²) in [6.45, 7) is 16.9. The van der Waals surface area contributed by atoms with E-state index < -0.39 is 0 Å². The van der Waals surface area contributed by atoms with E-state index in [-0.39, 0.29) is 10.2 Å². The van der Waals surface area contributed by atoms with E-state index >= 15 is 0 Å². The Morgan fingerprint density at radius 3 is 1.93 bits per heavy atom. The molecule has 0 saturated heterocycles. The third-order valence-corrected chi connectivity index (χ3v) is 2.90. The topological polar surface area (TPSA) is 0 Å². The van der Waals surface area contributed by atoms with Crippen LogP contribution in [0.25, 0.3) is 0 Å². The summed E-state index contributed by atoms with van der Waals surface area (Å²) in [6, 6.07) is 0. The third kappa shape index (κ3) is 5.88. The average Bonchev–Trinajstić information content (AvgIpc) is 2.00. The van der Waals surface area contributed by atoms with Crippen molar-refractivity contribution < 1.29 is 0 Å². The Hall–Kier alpha value is -0.430. The van der Waals surface area contributed by atoms with Crippen LogP contribution in [0.4, 0.5) is 0 Å². The number of allylic oxidation sites excluding steroid dienone is 4. The van der Waals surface area contributed by atoms with Crippen LogP contribution in [0, 0.1) is 5.41 Å². The summed E-state index contributed by atoms with van der Waals surface area (Å²) in [5.41, 5.74) is 2.63. The van der Waals surface area contributed by atoms with Gasteiger partial charge in [0.05, 0.1) is 0 Å². The van der Waals surface area contributed by atoms with Crippen molar-refractivity contribution >= 4 is 12.6 Å². The van der Waals surface area contributed by atoms with Gasteiger partial charge < -0.3 is 0 Å². The van der Waals surface area contributed by atoms with Crippen molar-refractivity contribution in [1.29, 1.82) is 0 Å². The van der Waals surface area contributed by atoms with E-state index in [9.17, 15) is 0 Å². The van der Waals surface area contributed by atoms with Crippen LogP contribution in [0.5, 0.6) is 0 Å². The summed E-state index contributed by atoms with van der Waals surface area (Å²) in [4.78, 5) is 0. The monoisotopic (exact) mass is 224 g/mol. The third-order valence-electron chi connectivity index (χ3n) is 2.61. The predicted octanol–water partition coefficient (Wildman–Crippen LogP) is 4.80. The summed E-state index contributed by atoms with van der Waals surface area (Å²) >= 11 is 4.46. The van der Waals surface area contributed by atoms with Gasteiger partial charge in [-0.05, 0) is 31.8 Å². The fourth-order valence-corrected chi connectivity index (χ4v) is 0.837. The fourth-order valence-electron chi connectivity index (χ4n) is 0.763. The SMILES string of the molecule is C=C(/C=C\C=C(/C)C(C)(C)C)C(C)(C)S. The molecule has 1 heteroatoms. The molecule has 0 fully saturated rings. The smallest absolute Gasteiger partial charge is 0.0316 e. The van der Waals surface area contributed by atoms with Crippen molar-refractivity contribution in [2.24, 2.45) is 5.41 Å². The molecule has 0 heterocycles. The van der Waals surface area contributed by atoms with E-state index in [2.05, 4.69) is 59.1 Å². The molecule has 0 atom stereocenters. The molecule has 0 aromatic carbocycles. The quantitative estimate of drug-likeness (QED) is 0.516. The predicted molar refractivity (Wildman–Crippen MR) is 74.6 cm³/mol. The summed E-state index contributed by atoms with van der Waals surface area (Å²) in [7, 11) is 0. The van der Waals surface area contributed by atoms with Crippen LogP contribution in [-0.2, 0) is 0 Å². The number of hydrogen-bond donors (Lipinski definition) is 1. The Balaban J connectivity index is 4.53. The first-order chi connectivity index (χ1) is 6.55. The van der Waals surface area contributed by atoms with Crippen molar-refractivity contribution in [3.63, 3.8) is 0 Å². The summed E-state index contributed by atoms with van der Waals surface area (Å²) in [5, 5.41) is 0. The molecule has 0 bridgehead atoms. The second-order valence-electron chi connectivity index (χ2n) is 5.54. The minimum atomic E-state index is -0.139. The lowest BCUT2D eigenvalue weighted by molar-refractivity contribution is 0.504. The first kappa shape index (κ1) is 14.6. The van der Waals surface area contributed by atoms with Gasteiger partial charge in [-0.15, -0.1) is 0 Å². The highest BCUT2D eigenvalue weighted by atomic mass is 32.1. The molecule has 0 aliphatic heterocycles. The minimum Gasteiger partial charge on any atom is -0.168 e. The highest BCUT2D eigenvalue weighted by molar-refractivity contribution is 7.82. The molecule has 0 amide bonds. The van der Waals surface area contributed by atoms with Crippen molar-refractivity contribution in [1.82, 2.24) is 0 Å². The van der Waals surface area contributed by atoms with Crippen LogP contribution in [0.15, 0.2) is 36.0 Å². The highest BCUT2D eigenvalue weighted by Gasteiger charge is 2.13. The van der Waals surface area contributed by atoms with Gasteiger partial charge in [-0.25, -0.2) is 0 Å². The van der Waals surface area contributed by atoms with Gasteiger partial charge in [-0.1, -0.05) is 51.2 Å². The van der Waals surface area contributed by atoms with Crippen molar-refractivity contribution in [2.45, 2.75) is 46.3 Å². The molecule has 0 aliphatic carbocycles. The Kier molecular flexibility index (Phi) is 4.92. The first-order valence-electron chi connectivity index (χ1n) is 5.32. The molecule has 0 N–H and O–H groups in total. The van der Waals surface area contributed by atoms with Crippen molar-refractivity contribution in [2.75, 3.05) is 0 Å². The largest absolute Gasteiger partial charge is 0.168 e. The minimum absolute atomic E-state index is 0.139. The molecule has 15 heavy (non-hydrogen) atoms. The maximum absolute atomic E-state index is 4.46. The molecule has 86 valence electrons. The van der Waals surface area contributed by atoms with Gasteiger partial charge in [-0.2, -0.15) is 12.6 Å². The van der Waals surface area contributed by atoms with Gasteiger partial charge in [0.1, 0.15) is 0 Å². The molecule has 0 rings (SSSR count). The number of rotatable bonds is 3. The Morgan fingerprint density at radius 1 is 1.13 bits per heavy atom. The van der Waals surface area contributed by atoms with Crippen molar-refractivity contribution in [3.05, 3.63) is 36.0 Å². The van der Waals surface area contributed by atoms with Crippen LogP contribution >= 0.6 is 12.6 Å². The van der Waals surface area contributed by atoms with E-state index in [1.807, 2.05) is 19.9 Å². The van der Waals surface area contributed by atoms with Crippen LogP contribution in [0.2, 0.25) is 0 Å². The molecular formula is C14H24S. The molecule has 0 radical (unpaired) electrons. The van der Waals surface area contributed by atoms with Crippen LogP contribution in [0.3, 0.4) is 0 Å². The maximum Gasteiger partial charge on any atom is 0.0316 e. The average molecular weight is 224 g/mol. The van der Waals surface area contributed by atoms with Gasteiger partial charge in [-0.3, -0.25) is 0 Å². The van der Waals surface area contributed by atoms with Crippen LogP contribution < -0.4 is 0 Å². The van der Waals surface area contributed by atoms with E-state index in [0.29, 0.717) is 0 Å². The van der Waals surface area contributed by atoms with Crippen LogP contribution in [0.1, 0.15) is 41.5 Å². The molecule has 0 aliphatic rings. The molecule has 0 saturated carbocycles. The lowest BCUT2D eigenvalue weighted by Gasteiger charge is -2.19. The Labute approximate surface area is 101 Å². The zero-order valence-electron chi connectivity index (χ0n) is 10.9. The normalized spacial score (nSPS) is 14.7. The first-order valence-corrected chi connectivity index (χ1v) is 5.77. The van der Waals surface area contributed by atoms with Crippen LogP contribution in [-0.4, -0.2) is 4.75 Å². The molecular weight excluding hydrogens is 200 g/mol. The second-order valence-corrected chi connectivity index (χ2v) is 6.66. The standard InChI is InChI=1S/C14H24S/c1-11(13(3,4)5)9-8-10-12(2)14(6,7)15/h8-10,15H,2H2,1,3-7H3/b10-8-,11-9+. The molecule has 0 aromatic rings. The van der Waals surface area contributed by atoms with Gasteiger partial charge in [0.2, 0.25) is 0 Å². The second kappa shape index (κ2) is 5.07. The summed E-state index contributed by atoms with van der Waals surface area (Å²) < 4.78 is -0.139. The summed E-state index contributed by atoms with van der Waals surface area (Å²) in [6.07, 6.45) is 6.23. The Morgan fingerprint density at radius 2 is 1.60 bits per heavy atom. The van der Waals surface area contributed by atoms with E-state index in [0.717, 1.165) is 5.57 Å². The fraction of sp³-hybridized carbons (Fsp3) is 0.571. The lowest BCUT2D eigenvalue weighted by atomic mass is 9.87. The molecule has 0 aromatic heterocycles. The zero-order chi connectivity index (χ0) is 12.3. The number of hydrogen-bond acceptors (Lipinski definition) is 1. The number of thiol groups is 1. The molecule has 0 nitrogen and oxygen atoms in total.